The van der Waals surface area contributed by atoms with Gasteiger partial charge in [-0.25, -0.2) is 9.97 Å². The van der Waals surface area contributed by atoms with E-state index in [4.69, 9.17) is 5.11 Å². The van der Waals surface area contributed by atoms with Crippen LogP contribution in [0, 0.1) is 0 Å². The summed E-state index contributed by atoms with van der Waals surface area (Å²) < 4.78 is 0. The third-order valence-corrected chi connectivity index (χ3v) is 3.65. The summed E-state index contributed by atoms with van der Waals surface area (Å²) in [6.07, 6.45) is 8.82. The third kappa shape index (κ3) is 4.35. The first-order chi connectivity index (χ1) is 9.29. The molecule has 1 fully saturated rings. The molecule has 106 valence electrons. The minimum atomic E-state index is 0.211. The lowest BCUT2D eigenvalue weighted by molar-refractivity contribution is 0.290. The van der Waals surface area contributed by atoms with Crippen LogP contribution in [-0.4, -0.2) is 41.3 Å². The number of aliphatic hydroxyl groups is 1. The van der Waals surface area contributed by atoms with E-state index in [9.17, 15) is 0 Å². The van der Waals surface area contributed by atoms with E-state index in [1.165, 1.54) is 32.1 Å². The molecule has 1 aromatic heterocycles. The van der Waals surface area contributed by atoms with Crippen LogP contribution in [0.25, 0.3) is 0 Å². The Morgan fingerprint density at radius 3 is 2.84 bits per heavy atom. The van der Waals surface area contributed by atoms with Gasteiger partial charge in [0.1, 0.15) is 18.0 Å². The highest BCUT2D eigenvalue weighted by molar-refractivity contribution is 5.48. The van der Waals surface area contributed by atoms with Crippen molar-refractivity contribution >= 4 is 11.6 Å². The monoisotopic (exact) mass is 264 g/mol. The normalized spacial score (nSPS) is 16.3. The van der Waals surface area contributed by atoms with E-state index in [-0.39, 0.29) is 6.61 Å². The molecule has 19 heavy (non-hydrogen) atoms. The van der Waals surface area contributed by atoms with Crippen molar-refractivity contribution < 1.29 is 5.11 Å². The lowest BCUT2D eigenvalue weighted by Gasteiger charge is -2.24. The Balaban J connectivity index is 1.93. The van der Waals surface area contributed by atoms with Crippen LogP contribution < -0.4 is 10.2 Å². The fraction of sp³-hybridized carbons (Fsp3) is 0.714. The van der Waals surface area contributed by atoms with Crippen LogP contribution in [0.15, 0.2) is 12.4 Å². The summed E-state index contributed by atoms with van der Waals surface area (Å²) in [6, 6.07) is 2.55. The zero-order valence-electron chi connectivity index (χ0n) is 11.7. The maximum atomic E-state index is 8.86. The van der Waals surface area contributed by atoms with Crippen LogP contribution in [0.1, 0.15) is 38.5 Å². The molecular weight excluding hydrogens is 240 g/mol. The predicted octanol–water partition coefficient (Wildman–Crippen LogP) is 2.04. The van der Waals surface area contributed by atoms with Gasteiger partial charge >= 0.3 is 0 Å². The molecular formula is C14H24N4O. The summed E-state index contributed by atoms with van der Waals surface area (Å²) in [5, 5.41) is 12.4. The molecule has 2 rings (SSSR count). The molecule has 1 aliphatic rings. The summed E-state index contributed by atoms with van der Waals surface area (Å²) in [5.74, 6) is 1.81. The molecule has 0 radical (unpaired) electrons. The molecule has 1 aliphatic carbocycles. The van der Waals surface area contributed by atoms with Gasteiger partial charge < -0.3 is 15.3 Å². The Kier molecular flexibility index (Phi) is 5.39. The van der Waals surface area contributed by atoms with Gasteiger partial charge in [0.2, 0.25) is 0 Å². The number of hydrogen-bond acceptors (Lipinski definition) is 5. The second-order valence-corrected chi connectivity index (χ2v) is 5.24. The van der Waals surface area contributed by atoms with Gasteiger partial charge in [-0.15, -0.1) is 0 Å². The first-order valence-electron chi connectivity index (χ1n) is 7.20. The van der Waals surface area contributed by atoms with E-state index >= 15 is 0 Å². The Morgan fingerprint density at radius 1 is 1.32 bits per heavy atom. The Labute approximate surface area is 115 Å². The molecule has 0 aliphatic heterocycles. The average Bonchev–Trinajstić information content (AvgIpc) is 2.46. The number of nitrogens with one attached hydrogen (secondary N) is 1. The highest BCUT2D eigenvalue weighted by Gasteiger charge is 2.14. The highest BCUT2D eigenvalue weighted by atomic mass is 16.3. The summed E-state index contributed by atoms with van der Waals surface area (Å²) in [4.78, 5) is 10.6. The number of anilines is 2. The largest absolute Gasteiger partial charge is 0.396 e. The number of hydrogen-bond donors (Lipinski definition) is 2. The minimum absolute atomic E-state index is 0.211. The standard InChI is InChI=1S/C14H24N4O/c1-18(8-5-9-19)14-10-13(15-11-16-14)17-12-6-3-2-4-7-12/h10-12,19H,2-9H2,1H3,(H,15,16,17). The lowest BCUT2D eigenvalue weighted by atomic mass is 9.95. The van der Waals surface area contributed by atoms with E-state index in [1.807, 2.05) is 18.0 Å². The highest BCUT2D eigenvalue weighted by Crippen LogP contribution is 2.21. The topological polar surface area (TPSA) is 61.3 Å². The molecule has 1 heterocycles. The Bertz CT molecular complexity index is 379. The zero-order valence-corrected chi connectivity index (χ0v) is 11.7. The second-order valence-electron chi connectivity index (χ2n) is 5.24. The molecule has 0 saturated heterocycles. The van der Waals surface area contributed by atoms with Crippen LogP contribution >= 0.6 is 0 Å². The van der Waals surface area contributed by atoms with E-state index in [2.05, 4.69) is 15.3 Å². The fourth-order valence-corrected chi connectivity index (χ4v) is 2.51. The molecule has 5 heteroatoms. The predicted molar refractivity (Wildman–Crippen MR) is 77.5 cm³/mol. The molecule has 0 bridgehead atoms. The number of nitrogens with zero attached hydrogens (tertiary/aromatic N) is 3. The van der Waals surface area contributed by atoms with Crippen LogP contribution in [0.2, 0.25) is 0 Å². The molecule has 0 unspecified atom stereocenters. The Hall–Kier alpha value is -1.36. The minimum Gasteiger partial charge on any atom is -0.396 e. The van der Waals surface area contributed by atoms with Crippen molar-refractivity contribution in [2.24, 2.45) is 0 Å². The van der Waals surface area contributed by atoms with Crippen LogP contribution in [0.5, 0.6) is 0 Å². The van der Waals surface area contributed by atoms with Crippen LogP contribution in [0.3, 0.4) is 0 Å². The zero-order chi connectivity index (χ0) is 13.5. The van der Waals surface area contributed by atoms with Gasteiger partial charge in [0, 0.05) is 32.3 Å². The van der Waals surface area contributed by atoms with Crippen molar-refractivity contribution in [3.63, 3.8) is 0 Å². The first kappa shape index (κ1) is 14.1. The van der Waals surface area contributed by atoms with Gasteiger partial charge in [-0.1, -0.05) is 19.3 Å². The smallest absolute Gasteiger partial charge is 0.133 e. The van der Waals surface area contributed by atoms with E-state index in [1.54, 1.807) is 6.33 Å². The molecule has 0 atom stereocenters. The van der Waals surface area contributed by atoms with Gasteiger partial charge in [0.25, 0.3) is 0 Å². The molecule has 0 spiro atoms. The van der Waals surface area contributed by atoms with Crippen LogP contribution in [0.4, 0.5) is 11.6 Å². The summed E-state index contributed by atoms with van der Waals surface area (Å²) in [5.41, 5.74) is 0. The number of aliphatic hydroxyl groups excluding tert-OH is 1. The first-order valence-corrected chi connectivity index (χ1v) is 7.20. The molecule has 1 aromatic rings. The van der Waals surface area contributed by atoms with Crippen molar-refractivity contribution in [3.8, 4) is 0 Å². The van der Waals surface area contributed by atoms with Crippen molar-refractivity contribution in [1.82, 2.24) is 9.97 Å². The number of aromatic nitrogens is 2. The van der Waals surface area contributed by atoms with E-state index in [0.717, 1.165) is 24.6 Å². The maximum Gasteiger partial charge on any atom is 0.133 e. The molecule has 0 amide bonds. The van der Waals surface area contributed by atoms with Gasteiger partial charge in [-0.05, 0) is 19.3 Å². The lowest BCUT2D eigenvalue weighted by Crippen LogP contribution is -2.24. The molecule has 1 saturated carbocycles. The maximum absolute atomic E-state index is 8.86. The van der Waals surface area contributed by atoms with Gasteiger partial charge in [0.15, 0.2) is 0 Å². The molecule has 5 nitrogen and oxygen atoms in total. The summed E-state index contributed by atoms with van der Waals surface area (Å²) >= 11 is 0. The van der Waals surface area contributed by atoms with Crippen molar-refractivity contribution in [1.29, 1.82) is 0 Å². The second kappa shape index (κ2) is 7.28. The SMILES string of the molecule is CN(CCCO)c1cc(NC2CCCCC2)ncn1. The van der Waals surface area contributed by atoms with Gasteiger partial charge in [0.05, 0.1) is 0 Å². The summed E-state index contributed by atoms with van der Waals surface area (Å²) in [6.45, 7) is 1.01. The van der Waals surface area contributed by atoms with Crippen molar-refractivity contribution in [3.05, 3.63) is 12.4 Å². The molecule has 2 N–H and O–H groups in total. The van der Waals surface area contributed by atoms with E-state index in [0.29, 0.717) is 6.04 Å². The van der Waals surface area contributed by atoms with Crippen LogP contribution in [-0.2, 0) is 0 Å². The van der Waals surface area contributed by atoms with Gasteiger partial charge in [-0.3, -0.25) is 0 Å². The summed E-state index contributed by atoms with van der Waals surface area (Å²) in [7, 11) is 1.99. The molecule has 0 aromatic carbocycles. The Morgan fingerprint density at radius 2 is 2.11 bits per heavy atom. The van der Waals surface area contributed by atoms with Gasteiger partial charge in [-0.2, -0.15) is 0 Å². The fourth-order valence-electron chi connectivity index (χ4n) is 2.51. The van der Waals surface area contributed by atoms with Crippen molar-refractivity contribution in [2.75, 3.05) is 30.4 Å². The van der Waals surface area contributed by atoms with Crippen molar-refractivity contribution in [2.45, 2.75) is 44.6 Å². The third-order valence-electron chi connectivity index (χ3n) is 3.65. The quantitative estimate of drug-likeness (QED) is 0.823. The number of rotatable bonds is 6. The average molecular weight is 264 g/mol. The van der Waals surface area contributed by atoms with E-state index < -0.39 is 0 Å².